The summed E-state index contributed by atoms with van der Waals surface area (Å²) in [5.74, 6) is 3.10. The molecule has 0 bridgehead atoms. The van der Waals surface area contributed by atoms with Crippen LogP contribution in [0.2, 0.25) is 0 Å². The lowest BCUT2D eigenvalue weighted by Gasteiger charge is -2.33. The van der Waals surface area contributed by atoms with Gasteiger partial charge in [0.1, 0.15) is 11.5 Å². The summed E-state index contributed by atoms with van der Waals surface area (Å²) in [5, 5.41) is 44.1. The number of carbonyl (C=O) groups is 6. The van der Waals surface area contributed by atoms with Gasteiger partial charge in [0.05, 0.1) is 66.2 Å². The lowest BCUT2D eigenvalue weighted by Crippen LogP contribution is -2.48. The summed E-state index contributed by atoms with van der Waals surface area (Å²) in [4.78, 5) is 126. The predicted octanol–water partition coefficient (Wildman–Crippen LogP) is 15.6. The number of amides is 6. The minimum atomic E-state index is -1.11. The molecule has 6 saturated heterocycles. The highest BCUT2D eigenvalue weighted by atomic mass is 19.1. The molecule has 7 N–H and O–H groups in total. The number of aliphatic hydroxyl groups excluding tert-OH is 1. The Morgan fingerprint density at radius 2 is 0.757 bits per heavy atom. The van der Waals surface area contributed by atoms with Crippen molar-refractivity contribution in [2.24, 2.45) is 5.41 Å². The molecule has 1 saturated carbocycles. The average Bonchev–Trinajstić information content (AvgIpc) is 1.64. The predicted molar refractivity (Wildman–Crippen MR) is 565 cm³/mol. The fourth-order valence-electron chi connectivity index (χ4n) is 21.6. The maximum absolute atomic E-state index is 14.0. The van der Waals surface area contributed by atoms with Crippen molar-refractivity contribution in [3.05, 3.63) is 277 Å². The lowest BCUT2D eigenvalue weighted by atomic mass is 9.86. The highest BCUT2D eigenvalue weighted by Crippen LogP contribution is 2.44. The summed E-state index contributed by atoms with van der Waals surface area (Å²) in [5.41, 5.74) is 15.7. The molecule has 1 aliphatic carbocycles. The largest absolute Gasteiger partial charge is 0.392 e. The van der Waals surface area contributed by atoms with E-state index in [0.717, 1.165) is 160 Å². The fourth-order valence-corrected chi connectivity index (χ4v) is 21.6. The van der Waals surface area contributed by atoms with Gasteiger partial charge in [-0.1, -0.05) is 84.9 Å². The van der Waals surface area contributed by atoms with Crippen LogP contribution in [0, 0.1) is 11.2 Å². The van der Waals surface area contributed by atoms with Gasteiger partial charge in [-0.05, 0) is 227 Å². The molecule has 760 valence electrons. The van der Waals surface area contributed by atoms with Crippen molar-refractivity contribution in [1.82, 2.24) is 94.9 Å². The molecule has 0 radical (unpaired) electrons. The van der Waals surface area contributed by atoms with Crippen LogP contribution in [0.1, 0.15) is 122 Å². The molecule has 7 fully saturated rings. The third-order valence-electron chi connectivity index (χ3n) is 30.5. The number of anilines is 4. The van der Waals surface area contributed by atoms with Crippen LogP contribution in [0.3, 0.4) is 0 Å². The van der Waals surface area contributed by atoms with E-state index in [1.807, 2.05) is 124 Å². The smallest absolute Gasteiger partial charge is 0.258 e. The number of rotatable bonds is 28. The van der Waals surface area contributed by atoms with Crippen LogP contribution in [0.25, 0.3) is 101 Å². The molecule has 8 aromatic carbocycles. The van der Waals surface area contributed by atoms with E-state index in [-0.39, 0.29) is 60.7 Å². The van der Waals surface area contributed by atoms with Crippen molar-refractivity contribution in [3.8, 4) is 67.9 Å². The number of likely N-dealkylation sites (tertiary alicyclic amines) is 6. The zero-order chi connectivity index (χ0) is 102. The number of nitrogens with zero attached hydrogens (tertiary/aromatic N) is 17. The number of fused-ring (bicyclic) bond motifs is 3. The van der Waals surface area contributed by atoms with E-state index in [4.69, 9.17) is 14.2 Å². The van der Waals surface area contributed by atoms with Crippen molar-refractivity contribution in [2.75, 3.05) is 161 Å². The SMILES string of the molecule is COC[C@@]1(C(=O)Nc2ccc3[nH]nc(-c4ccnc(C5CC5)c4)c3c2)CCN(CC(=O)N2CCC(c3ccc(-c4ncccn4)cc3)CC2)C1.CO[C@@]1(C(=O)Nc2ccc3[nH]nc(-c4ccc(F)c(CO)c4)c3c2)CCN(CC(=O)N2CCC(c3ccc(-c4ncccn4)cc3)CC2)C1.CO[C@@]1(C(=O)Nc2ccc3[nH]nc(-c4ccc(N(C)C)cc4)c3c2)CCN(CC(=O)N2CCC(c3ccc(-c4ncccn4)cc3)CC2)C1. The van der Waals surface area contributed by atoms with Crippen LogP contribution in [-0.4, -0.2) is 287 Å². The number of halogens is 1. The Bertz CT molecular complexity index is 7220. The number of piperidine rings is 3. The molecular formula is C114H122FN23O10. The molecule has 6 amide bonds. The zero-order valence-corrected chi connectivity index (χ0v) is 83.8. The summed E-state index contributed by atoms with van der Waals surface area (Å²) < 4.78 is 31.3. The van der Waals surface area contributed by atoms with Crippen molar-refractivity contribution in [3.63, 3.8) is 0 Å². The Kier molecular flexibility index (Phi) is 30.2. The lowest BCUT2D eigenvalue weighted by molar-refractivity contribution is -0.138. The number of aromatic amines is 3. The summed E-state index contributed by atoms with van der Waals surface area (Å²) in [6.45, 7) is 7.86. The first-order valence-corrected chi connectivity index (χ1v) is 50.9. The number of ether oxygens (including phenoxy) is 3. The number of hydrogen-bond donors (Lipinski definition) is 7. The first-order valence-electron chi connectivity index (χ1n) is 50.9. The van der Waals surface area contributed by atoms with Gasteiger partial charge in [0.15, 0.2) is 28.7 Å². The molecule has 7 aromatic heterocycles. The van der Waals surface area contributed by atoms with Gasteiger partial charge in [-0.3, -0.25) is 63.7 Å². The summed E-state index contributed by atoms with van der Waals surface area (Å²) in [6.07, 6.45) is 21.8. The number of H-pyrrole nitrogens is 3. The van der Waals surface area contributed by atoms with Crippen molar-refractivity contribution < 1.29 is 52.5 Å². The molecule has 15 aromatic rings. The van der Waals surface area contributed by atoms with Crippen LogP contribution in [0.5, 0.6) is 0 Å². The van der Waals surface area contributed by atoms with Crippen LogP contribution in [0.15, 0.2) is 244 Å². The number of hydrogen-bond acceptors (Lipinski definition) is 24. The second-order valence-electron chi connectivity index (χ2n) is 40.0. The molecule has 33 nitrogen and oxygen atoms in total. The van der Waals surface area contributed by atoms with E-state index >= 15 is 0 Å². The molecule has 7 aliphatic rings. The number of aromatic nitrogens is 13. The Labute approximate surface area is 857 Å². The van der Waals surface area contributed by atoms with E-state index < -0.39 is 29.0 Å². The maximum Gasteiger partial charge on any atom is 0.258 e. The molecule has 34 heteroatoms. The topological polar surface area (TPSA) is 385 Å². The molecule has 0 spiro atoms. The molecule has 6 aliphatic heterocycles. The highest BCUT2D eigenvalue weighted by molar-refractivity contribution is 6.04. The standard InChI is InChI=1S/C39H42N8O3.C38H42N8O3.C37H38FN7O4/c1-50-25-39(38(49)43-31-9-10-33-32(22-31)36(45-44-33)30-11-17-40-34(21-30)28-5-6-28)14-20-46(24-39)23-35(48)47-18-12-27(13-19-47)26-3-7-29(8-4-26)37-41-15-2-16-42-37;1-44(2)31-12-9-28(10-13-31)35-32-23-30(11-14-33(32)42-43-35)41-37(48)38(49-3)17-22-45(25-38)24-34(47)46-20-15-27(16-21-46)26-5-7-29(8-6-26)36-39-18-4-19-40-36;1-49-37(36(48)41-29-8-10-32-30(20-29)34(43-42-32)27-7-9-31(38)28(19-27)22-46)13-18-44(23-37)21-33(47)45-16-11-25(12-17-45)24-3-5-26(6-4-24)35-39-14-2-15-40-35/h2-4,7-11,15-17,21-22,27-28H,5-6,12-14,18-20,23-25H2,1H3,(H,43,49)(H,44,45);4-14,18-19,23,27H,15-17,20-22,24-25H2,1-3H3,(H,41,48)(H,42,43);2-10,14-15,19-20,25,46H,11-13,16-18,21-23H2,1H3,(H,41,48)(H,42,43)/t39-;38-;37-/m100/s1. The third kappa shape index (κ3) is 22.4. The summed E-state index contributed by atoms with van der Waals surface area (Å²) in [6, 6.07) is 64.5. The van der Waals surface area contributed by atoms with Crippen molar-refractivity contribution in [2.45, 2.75) is 112 Å². The first-order chi connectivity index (χ1) is 72.1. The molecule has 3 atom stereocenters. The quantitative estimate of drug-likeness (QED) is 0.0239. The molecule has 148 heavy (non-hydrogen) atoms. The first kappa shape index (κ1) is 100. The van der Waals surface area contributed by atoms with Gasteiger partial charge in [-0.15, -0.1) is 0 Å². The van der Waals surface area contributed by atoms with Gasteiger partial charge < -0.3 is 54.9 Å². The van der Waals surface area contributed by atoms with Gasteiger partial charge in [0.25, 0.3) is 11.8 Å². The van der Waals surface area contributed by atoms with E-state index in [2.05, 4.69) is 182 Å². The molecule has 0 unspecified atom stereocenters. The van der Waals surface area contributed by atoms with E-state index in [9.17, 15) is 38.3 Å². The zero-order valence-electron chi connectivity index (χ0n) is 83.8. The van der Waals surface area contributed by atoms with Gasteiger partial charge in [0.2, 0.25) is 23.6 Å². The minimum Gasteiger partial charge on any atom is -0.392 e. The minimum absolute atomic E-state index is 0.0606. The van der Waals surface area contributed by atoms with Crippen LogP contribution >= 0.6 is 0 Å². The second-order valence-corrected chi connectivity index (χ2v) is 40.0. The van der Waals surface area contributed by atoms with Crippen LogP contribution in [-0.2, 0) is 49.6 Å². The van der Waals surface area contributed by atoms with Gasteiger partial charge in [-0.25, -0.2) is 34.3 Å². The van der Waals surface area contributed by atoms with E-state index in [1.165, 1.54) is 42.7 Å². The number of pyridine rings is 1. The molecular weight excluding hydrogens is 1870 g/mol. The monoisotopic (exact) mass is 1990 g/mol. The summed E-state index contributed by atoms with van der Waals surface area (Å²) in [7, 11) is 8.75. The Morgan fingerprint density at radius 3 is 1.14 bits per heavy atom. The maximum atomic E-state index is 14.0. The van der Waals surface area contributed by atoms with Crippen molar-refractivity contribution in [1.29, 1.82) is 0 Å². The van der Waals surface area contributed by atoms with E-state index in [1.54, 1.807) is 75.7 Å². The number of nitrogens with one attached hydrogen (secondary N) is 6. The number of carbonyl (C=O) groups excluding carboxylic acids is 6. The number of aliphatic hydroxyl groups is 1. The normalized spacial score (nSPS) is 19.1. The summed E-state index contributed by atoms with van der Waals surface area (Å²) >= 11 is 0. The fraction of sp³-hybridized carbons (Fsp3) is 0.351. The second kappa shape index (κ2) is 44.6. The van der Waals surface area contributed by atoms with Gasteiger partial charge in [0, 0.05) is 240 Å². The van der Waals surface area contributed by atoms with Crippen LogP contribution < -0.4 is 20.9 Å². The Balaban J connectivity index is 0.000000135. The Hall–Kier alpha value is -15.2. The van der Waals surface area contributed by atoms with Gasteiger partial charge in [-0.2, -0.15) is 15.3 Å². The number of benzene rings is 8. The van der Waals surface area contributed by atoms with Crippen LogP contribution in [0.4, 0.5) is 27.1 Å². The Morgan fingerprint density at radius 1 is 0.392 bits per heavy atom. The van der Waals surface area contributed by atoms with Gasteiger partial charge >= 0.3 is 0 Å². The highest BCUT2D eigenvalue weighted by Gasteiger charge is 2.49. The molecule has 22 rings (SSSR count). The van der Waals surface area contributed by atoms with Crippen molar-refractivity contribution >= 4 is 90.9 Å². The molecule has 13 heterocycles. The number of methoxy groups -OCH3 is 3. The third-order valence-corrected chi connectivity index (χ3v) is 30.5. The average molecular weight is 1990 g/mol. The van der Waals surface area contributed by atoms with E-state index in [0.29, 0.717) is 136 Å².